The third-order valence-electron chi connectivity index (χ3n) is 2.97. The van der Waals surface area contributed by atoms with Crippen molar-refractivity contribution in [3.63, 3.8) is 0 Å². The van der Waals surface area contributed by atoms with Crippen LogP contribution in [0.25, 0.3) is 11.0 Å². The van der Waals surface area contributed by atoms with E-state index in [2.05, 4.69) is 0 Å². The number of fused-ring (bicyclic) bond motifs is 1. The number of hydrogen-bond donors (Lipinski definition) is 1. The highest BCUT2D eigenvalue weighted by atomic mass is 16.5. The van der Waals surface area contributed by atoms with E-state index in [4.69, 9.17) is 14.3 Å². The molecule has 1 aromatic heterocycles. The average molecular weight is 248 g/mol. The van der Waals surface area contributed by atoms with Gasteiger partial charge in [0.15, 0.2) is 11.3 Å². The number of rotatable bonds is 4. The van der Waals surface area contributed by atoms with Crippen LogP contribution in [-0.4, -0.2) is 18.2 Å². The molecule has 4 heteroatoms. The molecule has 0 aliphatic rings. The third kappa shape index (κ3) is 2.18. The molecule has 0 fully saturated rings. The monoisotopic (exact) mass is 248 g/mol. The van der Waals surface area contributed by atoms with Crippen LogP contribution in [0.2, 0.25) is 0 Å². The van der Waals surface area contributed by atoms with Crippen LogP contribution < -0.4 is 4.74 Å². The number of ether oxygens (including phenoxy) is 1. The van der Waals surface area contributed by atoms with Crippen molar-refractivity contribution in [2.24, 2.45) is 5.41 Å². The summed E-state index contributed by atoms with van der Waals surface area (Å²) in [5.74, 6) is 0.476. The number of carbonyl (C=O) groups is 1. The maximum atomic E-state index is 11.1. The van der Waals surface area contributed by atoms with Crippen LogP contribution in [0.3, 0.4) is 0 Å². The molecule has 2 aromatic rings. The number of methoxy groups -OCH3 is 1. The highest BCUT2D eigenvalue weighted by molar-refractivity contribution is 5.84. The van der Waals surface area contributed by atoms with Crippen molar-refractivity contribution in [2.75, 3.05) is 7.11 Å². The van der Waals surface area contributed by atoms with Crippen molar-refractivity contribution >= 4 is 16.9 Å². The van der Waals surface area contributed by atoms with Crippen molar-refractivity contribution in [1.29, 1.82) is 0 Å². The summed E-state index contributed by atoms with van der Waals surface area (Å²) < 4.78 is 10.9. The van der Waals surface area contributed by atoms with E-state index in [0.717, 1.165) is 5.39 Å². The van der Waals surface area contributed by atoms with Gasteiger partial charge in [0.25, 0.3) is 0 Å². The number of para-hydroxylation sites is 1. The molecule has 0 spiro atoms. The van der Waals surface area contributed by atoms with Gasteiger partial charge in [-0.25, -0.2) is 0 Å². The summed E-state index contributed by atoms with van der Waals surface area (Å²) in [6.07, 6.45) is 0.347. The van der Waals surface area contributed by atoms with Crippen LogP contribution in [0.1, 0.15) is 19.6 Å². The fourth-order valence-electron chi connectivity index (χ4n) is 1.85. The summed E-state index contributed by atoms with van der Waals surface area (Å²) in [7, 11) is 1.58. The van der Waals surface area contributed by atoms with Crippen LogP contribution >= 0.6 is 0 Å². The Labute approximate surface area is 105 Å². The predicted molar refractivity (Wildman–Crippen MR) is 67.9 cm³/mol. The Bertz CT molecular complexity index is 580. The van der Waals surface area contributed by atoms with Crippen molar-refractivity contribution in [2.45, 2.75) is 20.3 Å². The number of furan rings is 1. The maximum absolute atomic E-state index is 11.1. The lowest BCUT2D eigenvalue weighted by Crippen LogP contribution is -2.25. The number of carboxylic acid groups (broad SMARTS) is 1. The fraction of sp³-hybridized carbons (Fsp3) is 0.357. The minimum absolute atomic E-state index is 0.347. The Morgan fingerprint density at radius 1 is 1.44 bits per heavy atom. The highest BCUT2D eigenvalue weighted by Gasteiger charge is 2.29. The second-order valence-electron chi connectivity index (χ2n) is 4.96. The molecule has 0 radical (unpaired) electrons. The van der Waals surface area contributed by atoms with Crippen LogP contribution in [-0.2, 0) is 11.2 Å². The van der Waals surface area contributed by atoms with Gasteiger partial charge in [-0.05, 0) is 26.0 Å². The van der Waals surface area contributed by atoms with E-state index in [1.807, 2.05) is 24.3 Å². The smallest absolute Gasteiger partial charge is 0.309 e. The normalized spacial score (nSPS) is 11.7. The summed E-state index contributed by atoms with van der Waals surface area (Å²) in [5, 5.41) is 10.0. The Kier molecular flexibility index (Phi) is 3.03. The first-order chi connectivity index (χ1) is 8.44. The van der Waals surface area contributed by atoms with E-state index in [1.165, 1.54) is 0 Å². The van der Waals surface area contributed by atoms with Gasteiger partial charge in [0.05, 0.1) is 12.5 Å². The van der Waals surface area contributed by atoms with Crippen molar-refractivity contribution in [3.8, 4) is 5.75 Å². The molecule has 0 saturated carbocycles. The van der Waals surface area contributed by atoms with Gasteiger partial charge in [-0.1, -0.05) is 12.1 Å². The fourth-order valence-corrected chi connectivity index (χ4v) is 1.85. The molecule has 1 N–H and O–H groups in total. The van der Waals surface area contributed by atoms with Crippen LogP contribution in [0.4, 0.5) is 0 Å². The van der Waals surface area contributed by atoms with Crippen LogP contribution in [0, 0.1) is 5.41 Å². The summed E-state index contributed by atoms with van der Waals surface area (Å²) in [4.78, 5) is 11.1. The molecular weight excluding hydrogens is 232 g/mol. The number of hydrogen-bond acceptors (Lipinski definition) is 3. The molecule has 0 aliphatic carbocycles. The zero-order valence-electron chi connectivity index (χ0n) is 10.7. The zero-order chi connectivity index (χ0) is 13.3. The van der Waals surface area contributed by atoms with Gasteiger partial charge < -0.3 is 14.3 Å². The second kappa shape index (κ2) is 4.37. The van der Waals surface area contributed by atoms with Gasteiger partial charge in [0.1, 0.15) is 5.76 Å². The van der Waals surface area contributed by atoms with Gasteiger partial charge >= 0.3 is 5.97 Å². The lowest BCUT2D eigenvalue weighted by atomic mass is 9.88. The van der Waals surface area contributed by atoms with E-state index < -0.39 is 11.4 Å². The first kappa shape index (κ1) is 12.5. The molecule has 0 unspecified atom stereocenters. The maximum Gasteiger partial charge on any atom is 0.309 e. The molecule has 0 saturated heterocycles. The van der Waals surface area contributed by atoms with Gasteiger partial charge in [0.2, 0.25) is 0 Å². The summed E-state index contributed by atoms with van der Waals surface area (Å²) in [6, 6.07) is 7.47. The van der Waals surface area contributed by atoms with Gasteiger partial charge in [0, 0.05) is 11.8 Å². The van der Waals surface area contributed by atoms with Crippen LogP contribution in [0.15, 0.2) is 28.7 Å². The first-order valence-corrected chi connectivity index (χ1v) is 5.73. The van der Waals surface area contributed by atoms with Gasteiger partial charge in [-0.15, -0.1) is 0 Å². The van der Waals surface area contributed by atoms with Crippen molar-refractivity contribution < 1.29 is 19.1 Å². The van der Waals surface area contributed by atoms with Gasteiger partial charge in [-0.2, -0.15) is 0 Å². The molecule has 0 atom stereocenters. The van der Waals surface area contributed by atoms with E-state index in [0.29, 0.717) is 23.5 Å². The molecule has 4 nitrogen and oxygen atoms in total. The number of carboxylic acids is 1. The molecule has 96 valence electrons. The Morgan fingerprint density at radius 2 is 2.17 bits per heavy atom. The summed E-state index contributed by atoms with van der Waals surface area (Å²) >= 11 is 0. The van der Waals surface area contributed by atoms with Crippen LogP contribution in [0.5, 0.6) is 5.75 Å². The number of benzene rings is 1. The van der Waals surface area contributed by atoms with E-state index in [9.17, 15) is 4.79 Å². The largest absolute Gasteiger partial charge is 0.493 e. The molecule has 0 amide bonds. The molecule has 0 aliphatic heterocycles. The molecule has 18 heavy (non-hydrogen) atoms. The topological polar surface area (TPSA) is 59.7 Å². The SMILES string of the molecule is COc1cccc2cc(CC(C)(C)C(=O)O)oc12. The Hall–Kier alpha value is -1.97. The highest BCUT2D eigenvalue weighted by Crippen LogP contribution is 2.31. The standard InChI is InChI=1S/C14H16O4/c1-14(2,13(15)16)8-10-7-9-5-4-6-11(17-3)12(9)18-10/h4-7H,8H2,1-3H3,(H,15,16). The van der Waals surface area contributed by atoms with Crippen molar-refractivity contribution in [1.82, 2.24) is 0 Å². The lowest BCUT2D eigenvalue weighted by molar-refractivity contribution is -0.147. The lowest BCUT2D eigenvalue weighted by Gasteiger charge is -2.16. The molecule has 2 rings (SSSR count). The van der Waals surface area contributed by atoms with Crippen molar-refractivity contribution in [3.05, 3.63) is 30.0 Å². The molecule has 0 bridgehead atoms. The van der Waals surface area contributed by atoms with E-state index >= 15 is 0 Å². The molecular formula is C14H16O4. The second-order valence-corrected chi connectivity index (χ2v) is 4.96. The number of aliphatic carboxylic acids is 1. The average Bonchev–Trinajstić information content (AvgIpc) is 2.69. The third-order valence-corrected chi connectivity index (χ3v) is 2.97. The summed E-state index contributed by atoms with van der Waals surface area (Å²) in [5.41, 5.74) is -0.183. The zero-order valence-corrected chi connectivity index (χ0v) is 10.7. The summed E-state index contributed by atoms with van der Waals surface area (Å²) in [6.45, 7) is 3.36. The Balaban J connectivity index is 2.39. The minimum atomic E-state index is -0.846. The quantitative estimate of drug-likeness (QED) is 0.903. The predicted octanol–water partition coefficient (Wildman–Crippen LogP) is 3.09. The Morgan fingerprint density at radius 3 is 2.78 bits per heavy atom. The first-order valence-electron chi connectivity index (χ1n) is 5.73. The van der Waals surface area contributed by atoms with E-state index in [1.54, 1.807) is 21.0 Å². The van der Waals surface area contributed by atoms with E-state index in [-0.39, 0.29) is 0 Å². The molecule has 1 aromatic carbocycles. The molecule has 1 heterocycles. The van der Waals surface area contributed by atoms with Gasteiger partial charge in [-0.3, -0.25) is 4.79 Å². The minimum Gasteiger partial charge on any atom is -0.493 e.